The van der Waals surface area contributed by atoms with Crippen LogP contribution in [0.2, 0.25) is 5.15 Å². The van der Waals surface area contributed by atoms with Crippen molar-refractivity contribution in [2.24, 2.45) is 5.14 Å². The molecule has 0 aliphatic carbocycles. The molecule has 0 amide bonds. The minimum atomic E-state index is -3.44. The standard InChI is InChI=1S/C13H15ClN4O2S/c14-11-9-12(16-7-4-8-21(15,19)20)18-13(17-11)10-5-2-1-3-6-10/h1-3,5-6,9H,4,7-8H2,(H2,15,19,20)(H,16,17,18). The Labute approximate surface area is 128 Å². The van der Waals surface area contributed by atoms with Crippen molar-refractivity contribution in [3.63, 3.8) is 0 Å². The molecular formula is C13H15ClN4O2S. The molecule has 2 rings (SSSR count). The average molecular weight is 327 g/mol. The molecular weight excluding hydrogens is 312 g/mol. The summed E-state index contributed by atoms with van der Waals surface area (Å²) in [5.41, 5.74) is 0.854. The summed E-state index contributed by atoms with van der Waals surface area (Å²) in [5, 5.41) is 8.27. The van der Waals surface area contributed by atoms with Crippen LogP contribution in [0.1, 0.15) is 6.42 Å². The van der Waals surface area contributed by atoms with Crippen LogP contribution in [0.15, 0.2) is 36.4 Å². The van der Waals surface area contributed by atoms with E-state index in [0.29, 0.717) is 29.8 Å². The first-order valence-corrected chi connectivity index (χ1v) is 8.38. The van der Waals surface area contributed by atoms with Gasteiger partial charge in [-0.05, 0) is 6.42 Å². The molecule has 0 atom stereocenters. The zero-order valence-corrected chi connectivity index (χ0v) is 12.7. The van der Waals surface area contributed by atoms with Gasteiger partial charge < -0.3 is 5.32 Å². The van der Waals surface area contributed by atoms with E-state index < -0.39 is 10.0 Å². The average Bonchev–Trinajstić information content (AvgIpc) is 2.43. The molecule has 1 heterocycles. The van der Waals surface area contributed by atoms with E-state index in [-0.39, 0.29) is 5.75 Å². The van der Waals surface area contributed by atoms with E-state index >= 15 is 0 Å². The molecule has 3 N–H and O–H groups in total. The van der Waals surface area contributed by atoms with Crippen LogP contribution in [0.4, 0.5) is 5.82 Å². The van der Waals surface area contributed by atoms with Gasteiger partial charge in [0.25, 0.3) is 0 Å². The summed E-state index contributed by atoms with van der Waals surface area (Å²) in [6.07, 6.45) is 0.390. The second-order valence-electron chi connectivity index (χ2n) is 4.41. The van der Waals surface area contributed by atoms with Crippen LogP contribution < -0.4 is 10.5 Å². The molecule has 0 bridgehead atoms. The third-order valence-corrected chi connectivity index (χ3v) is 3.69. The largest absolute Gasteiger partial charge is 0.370 e. The maximum atomic E-state index is 10.8. The number of sulfonamides is 1. The molecule has 0 saturated heterocycles. The molecule has 21 heavy (non-hydrogen) atoms. The molecule has 0 radical (unpaired) electrons. The van der Waals surface area contributed by atoms with Gasteiger partial charge in [0.1, 0.15) is 11.0 Å². The molecule has 2 aromatic rings. The highest BCUT2D eigenvalue weighted by Gasteiger charge is 2.06. The molecule has 8 heteroatoms. The number of aromatic nitrogens is 2. The normalized spacial score (nSPS) is 11.3. The lowest BCUT2D eigenvalue weighted by Crippen LogP contribution is -2.18. The number of nitrogens with one attached hydrogen (secondary N) is 1. The third kappa shape index (κ3) is 5.30. The number of halogens is 1. The second kappa shape index (κ2) is 6.84. The van der Waals surface area contributed by atoms with Crippen molar-refractivity contribution < 1.29 is 8.42 Å². The maximum Gasteiger partial charge on any atom is 0.209 e. The monoisotopic (exact) mass is 326 g/mol. The Kier molecular flexibility index (Phi) is 5.11. The maximum absolute atomic E-state index is 10.8. The zero-order chi connectivity index (χ0) is 15.3. The molecule has 0 unspecified atom stereocenters. The van der Waals surface area contributed by atoms with Gasteiger partial charge in [-0.3, -0.25) is 0 Å². The van der Waals surface area contributed by atoms with Crippen molar-refractivity contribution in [3.05, 3.63) is 41.6 Å². The highest BCUT2D eigenvalue weighted by molar-refractivity contribution is 7.89. The number of hydrogen-bond acceptors (Lipinski definition) is 5. The summed E-state index contributed by atoms with van der Waals surface area (Å²) in [6.45, 7) is 0.429. The van der Waals surface area contributed by atoms with E-state index in [9.17, 15) is 8.42 Å². The zero-order valence-electron chi connectivity index (χ0n) is 11.2. The van der Waals surface area contributed by atoms with Crippen molar-refractivity contribution in [3.8, 4) is 11.4 Å². The van der Waals surface area contributed by atoms with Gasteiger partial charge in [0.05, 0.1) is 5.75 Å². The summed E-state index contributed by atoms with van der Waals surface area (Å²) in [6, 6.07) is 11.0. The van der Waals surface area contributed by atoms with Gasteiger partial charge in [0.15, 0.2) is 5.82 Å². The first-order chi connectivity index (χ1) is 9.94. The van der Waals surface area contributed by atoms with Gasteiger partial charge in [-0.25, -0.2) is 23.5 Å². The lowest BCUT2D eigenvalue weighted by molar-refractivity contribution is 0.595. The van der Waals surface area contributed by atoms with Gasteiger partial charge >= 0.3 is 0 Å². The highest BCUT2D eigenvalue weighted by atomic mass is 35.5. The van der Waals surface area contributed by atoms with E-state index in [1.165, 1.54) is 0 Å². The first kappa shape index (κ1) is 15.7. The Bertz CT molecular complexity index is 707. The van der Waals surface area contributed by atoms with Crippen LogP contribution in [-0.4, -0.2) is 30.7 Å². The fourth-order valence-corrected chi connectivity index (χ4v) is 2.44. The van der Waals surface area contributed by atoms with Crippen molar-refractivity contribution in [1.82, 2.24) is 9.97 Å². The predicted octanol–water partition coefficient (Wildman–Crippen LogP) is 1.89. The molecule has 0 fully saturated rings. The van der Waals surface area contributed by atoms with E-state index in [0.717, 1.165) is 5.56 Å². The number of benzene rings is 1. The molecule has 0 aliphatic rings. The van der Waals surface area contributed by atoms with Crippen molar-refractivity contribution in [1.29, 1.82) is 0 Å². The van der Waals surface area contributed by atoms with E-state index in [1.54, 1.807) is 6.07 Å². The van der Waals surface area contributed by atoms with E-state index in [4.69, 9.17) is 16.7 Å². The van der Waals surface area contributed by atoms with Crippen LogP contribution in [0.3, 0.4) is 0 Å². The summed E-state index contributed by atoms with van der Waals surface area (Å²) in [4.78, 5) is 8.52. The fourth-order valence-electron chi connectivity index (χ4n) is 1.71. The lowest BCUT2D eigenvalue weighted by atomic mass is 10.2. The number of primary sulfonamides is 1. The van der Waals surface area contributed by atoms with E-state index in [1.807, 2.05) is 30.3 Å². The molecule has 0 saturated carbocycles. The molecule has 1 aromatic carbocycles. The molecule has 0 aliphatic heterocycles. The topological polar surface area (TPSA) is 98.0 Å². The summed E-state index contributed by atoms with van der Waals surface area (Å²) < 4.78 is 21.7. The highest BCUT2D eigenvalue weighted by Crippen LogP contribution is 2.19. The molecule has 1 aromatic heterocycles. The van der Waals surface area contributed by atoms with E-state index in [2.05, 4.69) is 15.3 Å². The Hall–Kier alpha value is -1.70. The Morgan fingerprint density at radius 2 is 1.90 bits per heavy atom. The number of nitrogens with two attached hydrogens (primary N) is 1. The quantitative estimate of drug-likeness (QED) is 0.624. The van der Waals surface area contributed by atoms with Crippen LogP contribution in [0.5, 0.6) is 0 Å². The Morgan fingerprint density at radius 3 is 2.57 bits per heavy atom. The van der Waals surface area contributed by atoms with Crippen molar-refractivity contribution >= 4 is 27.4 Å². The van der Waals surface area contributed by atoms with Gasteiger partial charge in [-0.15, -0.1) is 0 Å². The van der Waals surface area contributed by atoms with Crippen molar-refractivity contribution in [2.75, 3.05) is 17.6 Å². The van der Waals surface area contributed by atoms with Crippen LogP contribution in [-0.2, 0) is 10.0 Å². The number of nitrogens with zero attached hydrogens (tertiary/aromatic N) is 2. The van der Waals surface area contributed by atoms with Gasteiger partial charge in [-0.2, -0.15) is 0 Å². The Morgan fingerprint density at radius 1 is 1.19 bits per heavy atom. The number of hydrogen-bond donors (Lipinski definition) is 2. The summed E-state index contributed by atoms with van der Waals surface area (Å²) in [5.74, 6) is 0.977. The lowest BCUT2D eigenvalue weighted by Gasteiger charge is -2.07. The predicted molar refractivity (Wildman–Crippen MR) is 83.6 cm³/mol. The molecule has 6 nitrogen and oxygen atoms in total. The third-order valence-electron chi connectivity index (χ3n) is 2.64. The van der Waals surface area contributed by atoms with Crippen LogP contribution in [0.25, 0.3) is 11.4 Å². The summed E-state index contributed by atoms with van der Waals surface area (Å²) >= 11 is 5.98. The minimum absolute atomic E-state index is 0.0790. The van der Waals surface area contributed by atoms with Gasteiger partial charge in [0, 0.05) is 18.2 Å². The fraction of sp³-hybridized carbons (Fsp3) is 0.231. The Balaban J connectivity index is 2.06. The smallest absolute Gasteiger partial charge is 0.209 e. The second-order valence-corrected chi connectivity index (χ2v) is 6.53. The molecule has 0 spiro atoms. The van der Waals surface area contributed by atoms with Gasteiger partial charge in [0.2, 0.25) is 10.0 Å². The van der Waals surface area contributed by atoms with Gasteiger partial charge in [-0.1, -0.05) is 41.9 Å². The van der Waals surface area contributed by atoms with Crippen LogP contribution >= 0.6 is 11.6 Å². The minimum Gasteiger partial charge on any atom is -0.370 e. The van der Waals surface area contributed by atoms with Crippen LogP contribution in [0, 0.1) is 0 Å². The number of rotatable bonds is 6. The van der Waals surface area contributed by atoms with Crippen molar-refractivity contribution in [2.45, 2.75) is 6.42 Å². The first-order valence-electron chi connectivity index (χ1n) is 6.28. The SMILES string of the molecule is NS(=O)(=O)CCCNc1cc(Cl)nc(-c2ccccc2)n1. The number of anilines is 1. The molecule has 112 valence electrons. The summed E-state index contributed by atoms with van der Waals surface area (Å²) in [7, 11) is -3.44.